The lowest BCUT2D eigenvalue weighted by atomic mass is 10.1. The summed E-state index contributed by atoms with van der Waals surface area (Å²) in [5.41, 5.74) is 0.229. The van der Waals surface area contributed by atoms with Gasteiger partial charge in [0.1, 0.15) is 5.69 Å². The molecule has 0 saturated heterocycles. The van der Waals surface area contributed by atoms with Crippen molar-refractivity contribution in [3.8, 4) is 11.3 Å². The van der Waals surface area contributed by atoms with Crippen LogP contribution in [0, 0.1) is 6.92 Å². The zero-order valence-electron chi connectivity index (χ0n) is 15.2. The van der Waals surface area contributed by atoms with Gasteiger partial charge in [-0.05, 0) is 36.8 Å². The molecular weight excluding hydrogens is 409 g/mol. The number of nitrogens with zero attached hydrogens (tertiary/aromatic N) is 3. The van der Waals surface area contributed by atoms with Crippen molar-refractivity contribution >= 4 is 21.6 Å². The highest BCUT2D eigenvalue weighted by molar-refractivity contribution is 7.89. The first-order valence-electron chi connectivity index (χ1n) is 8.17. The summed E-state index contributed by atoms with van der Waals surface area (Å²) in [6, 6.07) is 7.44. The van der Waals surface area contributed by atoms with Crippen LogP contribution in [0.1, 0.15) is 21.6 Å². The largest absolute Gasteiger partial charge is 0.416 e. The molecule has 29 heavy (non-hydrogen) atoms. The Kier molecular flexibility index (Phi) is 5.18. The first kappa shape index (κ1) is 20.5. The Bertz CT molecular complexity index is 1190. The third-order valence-corrected chi connectivity index (χ3v) is 4.83. The van der Waals surface area contributed by atoms with Crippen molar-refractivity contribution in [3.63, 3.8) is 0 Å². The maximum Gasteiger partial charge on any atom is 0.416 e. The van der Waals surface area contributed by atoms with Gasteiger partial charge in [-0.15, -0.1) is 0 Å². The molecule has 0 atom stereocenters. The molecule has 0 unspecified atom stereocenters. The van der Waals surface area contributed by atoms with E-state index < -0.39 is 27.7 Å². The number of benzene rings is 1. The second-order valence-electron chi connectivity index (χ2n) is 6.26. The summed E-state index contributed by atoms with van der Waals surface area (Å²) in [5, 5.41) is 6.14. The molecule has 1 aromatic carbocycles. The molecule has 1 amide bonds. The second-order valence-corrected chi connectivity index (χ2v) is 8.10. The number of nitrogens with one attached hydrogen (secondary N) is 1. The molecule has 0 radical (unpaired) electrons. The van der Waals surface area contributed by atoms with Crippen LogP contribution in [-0.4, -0.2) is 34.8 Å². The minimum absolute atomic E-state index is 0.00739. The lowest BCUT2D eigenvalue weighted by Crippen LogP contribution is -2.16. The van der Waals surface area contributed by atoms with Gasteiger partial charge in [0.2, 0.25) is 0 Å². The highest BCUT2D eigenvalue weighted by Crippen LogP contribution is 2.30. The van der Waals surface area contributed by atoms with Crippen molar-refractivity contribution < 1.29 is 26.4 Å². The minimum atomic E-state index is -4.53. The Hall–Kier alpha value is -3.21. The van der Waals surface area contributed by atoms with Crippen LogP contribution < -0.4 is 5.32 Å². The fourth-order valence-electron chi connectivity index (χ4n) is 2.50. The minimum Gasteiger partial charge on any atom is -0.321 e. The molecule has 3 aromatic rings. The van der Waals surface area contributed by atoms with Gasteiger partial charge >= 0.3 is 6.18 Å². The molecule has 1 N–H and O–H groups in total. The van der Waals surface area contributed by atoms with Crippen LogP contribution in [0.4, 0.5) is 18.9 Å². The molecule has 0 aliphatic carbocycles. The third-order valence-electron chi connectivity index (χ3n) is 3.96. The van der Waals surface area contributed by atoms with E-state index in [4.69, 9.17) is 0 Å². The van der Waals surface area contributed by atoms with Crippen LogP contribution in [-0.2, 0) is 16.2 Å². The average molecular weight is 424 g/mol. The fourth-order valence-corrected chi connectivity index (χ4v) is 3.02. The zero-order chi connectivity index (χ0) is 21.4. The van der Waals surface area contributed by atoms with Crippen molar-refractivity contribution in [1.29, 1.82) is 0 Å². The molecule has 11 heteroatoms. The molecule has 0 saturated carbocycles. The molecule has 2 aromatic heterocycles. The van der Waals surface area contributed by atoms with Gasteiger partial charge in [-0.3, -0.25) is 4.79 Å². The summed E-state index contributed by atoms with van der Waals surface area (Å²) in [6.45, 7) is 1.62. The van der Waals surface area contributed by atoms with Crippen molar-refractivity contribution in [3.05, 3.63) is 65.6 Å². The van der Waals surface area contributed by atoms with Gasteiger partial charge in [-0.1, -0.05) is 12.1 Å². The average Bonchev–Trinajstić information content (AvgIpc) is 3.12. The summed E-state index contributed by atoms with van der Waals surface area (Å²) in [4.78, 5) is 16.8. The van der Waals surface area contributed by atoms with Crippen LogP contribution in [0.15, 0.2) is 48.8 Å². The number of rotatable bonds is 4. The lowest BCUT2D eigenvalue weighted by Gasteiger charge is -2.11. The number of hydrogen-bond donors (Lipinski definition) is 1. The summed E-state index contributed by atoms with van der Waals surface area (Å²) in [6.07, 6.45) is -1.01. The van der Waals surface area contributed by atoms with E-state index in [1.54, 1.807) is 19.1 Å². The van der Waals surface area contributed by atoms with E-state index in [1.807, 2.05) is 0 Å². The van der Waals surface area contributed by atoms with Crippen LogP contribution in [0.3, 0.4) is 0 Å². The highest BCUT2D eigenvalue weighted by Gasteiger charge is 2.30. The fraction of sp³-hybridized carbons (Fsp3) is 0.167. The normalized spacial score (nSPS) is 12.0. The predicted molar refractivity (Wildman–Crippen MR) is 99.8 cm³/mol. The second kappa shape index (κ2) is 7.32. The summed E-state index contributed by atoms with van der Waals surface area (Å²) >= 11 is 0. The first-order valence-corrected chi connectivity index (χ1v) is 10.0. The van der Waals surface area contributed by atoms with Crippen molar-refractivity contribution in [1.82, 2.24) is 14.2 Å². The number of alkyl halides is 3. The number of aromatic nitrogens is 3. The molecule has 152 valence electrons. The van der Waals surface area contributed by atoms with E-state index in [1.165, 1.54) is 24.5 Å². The Labute approximate surface area is 164 Å². The van der Waals surface area contributed by atoms with Crippen LogP contribution >= 0.6 is 0 Å². The number of amides is 1. The SMILES string of the molecule is Cc1ccc(-c2cnn(S(C)(=O)=O)c2)nc1C(=O)Nc1cccc(C(F)(F)F)c1. The Morgan fingerprint density at radius 3 is 2.52 bits per heavy atom. The van der Waals surface area contributed by atoms with Crippen molar-refractivity contribution in [2.75, 3.05) is 11.6 Å². The first-order chi connectivity index (χ1) is 13.4. The van der Waals surface area contributed by atoms with Gasteiger partial charge in [0.15, 0.2) is 0 Å². The number of aryl methyl sites for hydroxylation is 1. The molecular formula is C18H15F3N4O3S. The van der Waals surface area contributed by atoms with Gasteiger partial charge in [0, 0.05) is 11.3 Å². The summed E-state index contributed by atoms with van der Waals surface area (Å²) in [5.74, 6) is -0.695. The van der Waals surface area contributed by atoms with Gasteiger partial charge in [0.05, 0.1) is 29.9 Å². The smallest absolute Gasteiger partial charge is 0.321 e. The van der Waals surface area contributed by atoms with Gasteiger partial charge < -0.3 is 5.32 Å². The number of halogens is 3. The molecule has 2 heterocycles. The summed E-state index contributed by atoms with van der Waals surface area (Å²) in [7, 11) is -3.57. The van der Waals surface area contributed by atoms with Crippen LogP contribution in [0.5, 0.6) is 0 Å². The molecule has 0 fully saturated rings. The van der Waals surface area contributed by atoms with Crippen LogP contribution in [0.25, 0.3) is 11.3 Å². The van der Waals surface area contributed by atoms with E-state index in [-0.39, 0.29) is 11.4 Å². The number of pyridine rings is 1. The van der Waals surface area contributed by atoms with E-state index in [0.717, 1.165) is 22.5 Å². The quantitative estimate of drug-likeness (QED) is 0.693. The third kappa shape index (κ3) is 4.62. The van der Waals surface area contributed by atoms with Gasteiger partial charge in [0.25, 0.3) is 15.9 Å². The number of anilines is 1. The Morgan fingerprint density at radius 1 is 1.17 bits per heavy atom. The number of carbonyl (C=O) groups excluding carboxylic acids is 1. The van der Waals surface area contributed by atoms with Crippen molar-refractivity contribution in [2.45, 2.75) is 13.1 Å². The zero-order valence-corrected chi connectivity index (χ0v) is 16.0. The monoisotopic (exact) mass is 424 g/mol. The number of carbonyl (C=O) groups is 1. The molecule has 7 nitrogen and oxygen atoms in total. The Balaban J connectivity index is 1.90. The maximum atomic E-state index is 12.8. The predicted octanol–water partition coefficient (Wildman–Crippen LogP) is 3.33. The van der Waals surface area contributed by atoms with E-state index >= 15 is 0 Å². The molecule has 0 spiro atoms. The standard InChI is InChI=1S/C18H15F3N4O3S/c1-11-6-7-15(12-9-22-25(10-12)29(2,27)28)24-16(11)17(26)23-14-5-3-4-13(8-14)18(19,20)21/h3-10H,1-2H3,(H,23,26). The van der Waals surface area contributed by atoms with Gasteiger partial charge in [-0.25, -0.2) is 13.4 Å². The van der Waals surface area contributed by atoms with Crippen LogP contribution in [0.2, 0.25) is 0 Å². The molecule has 0 aliphatic heterocycles. The Morgan fingerprint density at radius 2 is 1.90 bits per heavy atom. The van der Waals surface area contributed by atoms with Crippen molar-refractivity contribution in [2.24, 2.45) is 0 Å². The highest BCUT2D eigenvalue weighted by atomic mass is 32.2. The summed E-state index contributed by atoms with van der Waals surface area (Å²) < 4.78 is 62.4. The molecule has 0 aliphatic rings. The maximum absolute atomic E-state index is 12.8. The number of hydrogen-bond acceptors (Lipinski definition) is 5. The molecule has 3 rings (SSSR count). The van der Waals surface area contributed by atoms with Gasteiger partial charge in [-0.2, -0.15) is 22.4 Å². The molecule has 0 bridgehead atoms. The van der Waals surface area contributed by atoms with E-state index in [2.05, 4.69) is 15.4 Å². The van der Waals surface area contributed by atoms with E-state index in [0.29, 0.717) is 16.8 Å². The lowest BCUT2D eigenvalue weighted by molar-refractivity contribution is -0.137. The van der Waals surface area contributed by atoms with E-state index in [9.17, 15) is 26.4 Å². The topological polar surface area (TPSA) is 93.9 Å².